The lowest BCUT2D eigenvalue weighted by atomic mass is 10.2. The van der Waals surface area contributed by atoms with Crippen LogP contribution in [0.1, 0.15) is 16.6 Å². The highest BCUT2D eigenvalue weighted by Crippen LogP contribution is 2.29. The molecule has 0 aliphatic heterocycles. The summed E-state index contributed by atoms with van der Waals surface area (Å²) < 4.78 is 58.8. The number of sulfone groups is 1. The van der Waals surface area contributed by atoms with Crippen LogP contribution in [-0.4, -0.2) is 23.4 Å². The second-order valence-corrected chi connectivity index (χ2v) is 9.92. The molecule has 0 spiro atoms. The zero-order valence-corrected chi connectivity index (χ0v) is 16.2. The van der Waals surface area contributed by atoms with E-state index in [2.05, 4.69) is 4.72 Å². The van der Waals surface area contributed by atoms with Crippen LogP contribution >= 0.6 is 0 Å². The van der Waals surface area contributed by atoms with E-state index >= 15 is 0 Å². The predicted molar refractivity (Wildman–Crippen MR) is 101 cm³/mol. The molecule has 142 valence electrons. The van der Waals surface area contributed by atoms with Gasteiger partial charge in [-0.3, -0.25) is 0 Å². The summed E-state index contributed by atoms with van der Waals surface area (Å²) in [4.78, 5) is 0.171. The molecule has 2 aromatic carbocycles. The molecule has 6 nitrogen and oxygen atoms in total. The van der Waals surface area contributed by atoms with Gasteiger partial charge in [0.1, 0.15) is 11.0 Å². The van der Waals surface area contributed by atoms with E-state index in [1.165, 1.54) is 36.6 Å². The van der Waals surface area contributed by atoms with Gasteiger partial charge in [0.25, 0.3) is 0 Å². The van der Waals surface area contributed by atoms with Gasteiger partial charge in [0.05, 0.1) is 16.1 Å². The van der Waals surface area contributed by atoms with E-state index in [-0.39, 0.29) is 22.1 Å². The fraction of sp³-hybridized carbons (Fsp3) is 0.158. The van der Waals surface area contributed by atoms with Crippen molar-refractivity contribution in [3.05, 3.63) is 84.3 Å². The van der Waals surface area contributed by atoms with Crippen LogP contribution in [0, 0.1) is 6.92 Å². The molecule has 0 radical (unpaired) electrons. The molecule has 3 aromatic rings. The summed E-state index contributed by atoms with van der Waals surface area (Å²) in [5, 5.41) is -1.19. The molecular weight excluding hydrogens is 386 g/mol. The predicted octanol–water partition coefficient (Wildman–Crippen LogP) is 3.08. The van der Waals surface area contributed by atoms with Crippen LogP contribution in [0.4, 0.5) is 0 Å². The molecule has 1 heterocycles. The summed E-state index contributed by atoms with van der Waals surface area (Å²) in [5.74, 6) is 0.173. The summed E-state index contributed by atoms with van der Waals surface area (Å²) in [7, 11) is -7.72. The van der Waals surface area contributed by atoms with Crippen LogP contribution in [0.3, 0.4) is 0 Å². The number of aryl methyl sites for hydroxylation is 1. The monoisotopic (exact) mass is 405 g/mol. The highest BCUT2D eigenvalue weighted by atomic mass is 32.2. The Labute approximate surface area is 158 Å². The SMILES string of the molecule is Cc1ccc(S(=O)(=O)[C@H](CNS(=O)(=O)c2ccccc2)c2ccco2)cc1. The summed E-state index contributed by atoms with van der Waals surface area (Å²) in [6.07, 6.45) is 1.36. The molecule has 0 aliphatic rings. The lowest BCUT2D eigenvalue weighted by molar-refractivity contribution is 0.486. The van der Waals surface area contributed by atoms with E-state index in [0.717, 1.165) is 5.56 Å². The second kappa shape index (κ2) is 7.67. The van der Waals surface area contributed by atoms with Crippen molar-refractivity contribution in [1.29, 1.82) is 0 Å². The van der Waals surface area contributed by atoms with Crippen molar-refractivity contribution in [3.63, 3.8) is 0 Å². The van der Waals surface area contributed by atoms with Gasteiger partial charge in [0.15, 0.2) is 9.84 Å². The topological polar surface area (TPSA) is 93.5 Å². The largest absolute Gasteiger partial charge is 0.468 e. The Bertz CT molecular complexity index is 1090. The average molecular weight is 405 g/mol. The van der Waals surface area contributed by atoms with Crippen LogP contribution in [0.25, 0.3) is 0 Å². The second-order valence-electron chi connectivity index (χ2n) is 6.03. The molecule has 0 fully saturated rings. The highest BCUT2D eigenvalue weighted by molar-refractivity contribution is 7.92. The molecule has 0 aliphatic carbocycles. The molecule has 8 heteroatoms. The van der Waals surface area contributed by atoms with Crippen molar-refractivity contribution >= 4 is 19.9 Å². The van der Waals surface area contributed by atoms with E-state index in [1.807, 2.05) is 6.92 Å². The van der Waals surface area contributed by atoms with Gasteiger partial charge < -0.3 is 4.42 Å². The molecule has 0 amide bonds. The number of sulfonamides is 1. The highest BCUT2D eigenvalue weighted by Gasteiger charge is 2.32. The first-order valence-corrected chi connectivity index (χ1v) is 11.2. The number of nitrogens with one attached hydrogen (secondary N) is 1. The molecular formula is C19H19NO5S2. The lowest BCUT2D eigenvalue weighted by Crippen LogP contribution is -2.31. The Morgan fingerprint density at radius 1 is 0.852 bits per heavy atom. The first-order chi connectivity index (χ1) is 12.8. The average Bonchev–Trinajstić information content (AvgIpc) is 3.17. The molecule has 27 heavy (non-hydrogen) atoms. The molecule has 3 rings (SSSR count). The van der Waals surface area contributed by atoms with E-state index in [9.17, 15) is 16.8 Å². The number of rotatable bonds is 7. The number of furan rings is 1. The summed E-state index contributed by atoms with van der Waals surface area (Å²) in [6, 6.07) is 17.3. The van der Waals surface area contributed by atoms with E-state index in [4.69, 9.17) is 4.42 Å². The standard InChI is InChI=1S/C19H19NO5S2/c1-15-9-11-16(12-10-15)26(21,22)19(18-8-5-13-25-18)14-20-27(23,24)17-6-3-2-4-7-17/h2-13,19-20H,14H2,1H3/t19-/m1/s1. The van der Waals surface area contributed by atoms with Gasteiger partial charge in [-0.05, 0) is 43.3 Å². The maximum Gasteiger partial charge on any atom is 0.240 e. The summed E-state index contributed by atoms with van der Waals surface area (Å²) in [5.41, 5.74) is 0.924. The molecule has 1 N–H and O–H groups in total. The first kappa shape index (κ1) is 19.3. The van der Waals surface area contributed by atoms with E-state index in [0.29, 0.717) is 0 Å². The summed E-state index contributed by atoms with van der Waals surface area (Å²) >= 11 is 0. The third kappa shape index (κ3) is 4.29. The number of hydrogen-bond acceptors (Lipinski definition) is 5. The van der Waals surface area contributed by atoms with Gasteiger partial charge in [-0.2, -0.15) is 0 Å². The van der Waals surface area contributed by atoms with E-state index < -0.39 is 25.1 Å². The number of benzene rings is 2. The van der Waals surface area contributed by atoms with Crippen molar-refractivity contribution in [1.82, 2.24) is 4.72 Å². The van der Waals surface area contributed by atoms with Gasteiger partial charge in [-0.1, -0.05) is 35.9 Å². The Kier molecular flexibility index (Phi) is 5.50. The molecule has 0 saturated carbocycles. The first-order valence-electron chi connectivity index (χ1n) is 8.19. The fourth-order valence-electron chi connectivity index (χ4n) is 2.60. The van der Waals surface area contributed by atoms with Gasteiger partial charge in [-0.15, -0.1) is 0 Å². The molecule has 1 atom stereocenters. The Hall–Kier alpha value is -2.42. The minimum Gasteiger partial charge on any atom is -0.468 e. The van der Waals surface area contributed by atoms with Crippen molar-refractivity contribution in [2.24, 2.45) is 0 Å². The Morgan fingerprint density at radius 3 is 2.11 bits per heavy atom. The van der Waals surface area contributed by atoms with Gasteiger partial charge in [-0.25, -0.2) is 21.6 Å². The zero-order valence-electron chi connectivity index (χ0n) is 14.6. The third-order valence-corrected chi connectivity index (χ3v) is 7.61. The number of hydrogen-bond donors (Lipinski definition) is 1. The van der Waals surface area contributed by atoms with Gasteiger partial charge in [0, 0.05) is 6.54 Å². The van der Waals surface area contributed by atoms with Crippen molar-refractivity contribution < 1.29 is 21.3 Å². The maximum absolute atomic E-state index is 13.1. The summed E-state index contributed by atoms with van der Waals surface area (Å²) in [6.45, 7) is 1.51. The van der Waals surface area contributed by atoms with Crippen molar-refractivity contribution in [3.8, 4) is 0 Å². The Morgan fingerprint density at radius 2 is 1.52 bits per heavy atom. The molecule has 0 saturated heterocycles. The van der Waals surface area contributed by atoms with Crippen LogP contribution in [0.15, 0.2) is 87.2 Å². The Balaban J connectivity index is 1.92. The minimum absolute atomic E-state index is 0.0657. The smallest absolute Gasteiger partial charge is 0.240 e. The molecule has 1 aromatic heterocycles. The van der Waals surface area contributed by atoms with Gasteiger partial charge in [0.2, 0.25) is 10.0 Å². The fourth-order valence-corrected chi connectivity index (χ4v) is 5.36. The third-order valence-electron chi connectivity index (χ3n) is 4.10. The normalized spacial score (nSPS) is 13.4. The maximum atomic E-state index is 13.1. The van der Waals surface area contributed by atoms with Crippen molar-refractivity contribution in [2.45, 2.75) is 22.0 Å². The van der Waals surface area contributed by atoms with Crippen LogP contribution < -0.4 is 4.72 Å². The quantitative estimate of drug-likeness (QED) is 0.652. The van der Waals surface area contributed by atoms with Gasteiger partial charge >= 0.3 is 0 Å². The lowest BCUT2D eigenvalue weighted by Gasteiger charge is -2.17. The van der Waals surface area contributed by atoms with E-state index in [1.54, 1.807) is 36.4 Å². The van der Waals surface area contributed by atoms with Crippen LogP contribution in [0.2, 0.25) is 0 Å². The minimum atomic E-state index is -3.87. The molecule has 0 bridgehead atoms. The van der Waals surface area contributed by atoms with Crippen LogP contribution in [-0.2, 0) is 19.9 Å². The zero-order chi connectivity index (χ0) is 19.5. The molecule has 0 unspecified atom stereocenters. The van der Waals surface area contributed by atoms with Crippen LogP contribution in [0.5, 0.6) is 0 Å². The van der Waals surface area contributed by atoms with Crippen molar-refractivity contribution in [2.75, 3.05) is 6.54 Å².